The molecule has 0 spiro atoms. The SMILES string of the molecule is O=c1[nH]cc(-c2cccc(CS(=O)(=O)Cl)c2)[nH]1. The van der Waals surface area contributed by atoms with Crippen molar-refractivity contribution in [1.29, 1.82) is 0 Å². The molecule has 0 atom stereocenters. The highest BCUT2D eigenvalue weighted by Gasteiger charge is 2.08. The fourth-order valence-electron chi connectivity index (χ4n) is 1.52. The van der Waals surface area contributed by atoms with E-state index in [1.165, 1.54) is 6.20 Å². The molecule has 7 heteroatoms. The van der Waals surface area contributed by atoms with E-state index in [1.807, 2.05) is 0 Å². The van der Waals surface area contributed by atoms with Crippen molar-refractivity contribution in [2.45, 2.75) is 5.75 Å². The maximum absolute atomic E-state index is 11.0. The Bertz CT molecular complexity index is 687. The first-order chi connectivity index (χ1) is 7.94. The third-order valence-corrected chi connectivity index (χ3v) is 3.18. The van der Waals surface area contributed by atoms with Gasteiger partial charge in [0.05, 0.1) is 11.4 Å². The maximum Gasteiger partial charge on any atom is 0.323 e. The van der Waals surface area contributed by atoms with Crippen LogP contribution in [0.25, 0.3) is 11.3 Å². The Balaban J connectivity index is 2.38. The molecule has 0 aliphatic heterocycles. The molecule has 0 saturated carbocycles. The van der Waals surface area contributed by atoms with Crippen molar-refractivity contribution in [3.8, 4) is 11.3 Å². The number of H-pyrrole nitrogens is 2. The van der Waals surface area contributed by atoms with Crippen LogP contribution in [-0.2, 0) is 14.8 Å². The van der Waals surface area contributed by atoms with E-state index in [2.05, 4.69) is 9.97 Å². The molecule has 0 aliphatic rings. The molecule has 0 fully saturated rings. The lowest BCUT2D eigenvalue weighted by atomic mass is 10.1. The number of halogens is 1. The van der Waals surface area contributed by atoms with Gasteiger partial charge < -0.3 is 9.97 Å². The number of nitrogens with one attached hydrogen (secondary N) is 2. The Morgan fingerprint density at radius 2 is 2.06 bits per heavy atom. The summed E-state index contributed by atoms with van der Waals surface area (Å²) in [6.45, 7) is 0. The molecule has 1 aromatic carbocycles. The topological polar surface area (TPSA) is 82.8 Å². The van der Waals surface area contributed by atoms with Gasteiger partial charge in [0.2, 0.25) is 9.05 Å². The Morgan fingerprint density at radius 3 is 2.65 bits per heavy atom. The van der Waals surface area contributed by atoms with Crippen molar-refractivity contribution in [2.75, 3.05) is 0 Å². The average molecular weight is 273 g/mol. The summed E-state index contributed by atoms with van der Waals surface area (Å²) < 4.78 is 21.9. The molecule has 0 radical (unpaired) electrons. The molecule has 0 amide bonds. The van der Waals surface area contributed by atoms with Crippen molar-refractivity contribution in [1.82, 2.24) is 9.97 Å². The number of hydrogen-bond acceptors (Lipinski definition) is 3. The first-order valence-electron chi connectivity index (χ1n) is 4.73. The van der Waals surface area contributed by atoms with Gasteiger partial charge in [-0.15, -0.1) is 0 Å². The summed E-state index contributed by atoms with van der Waals surface area (Å²) in [6.07, 6.45) is 1.52. The van der Waals surface area contributed by atoms with Crippen LogP contribution in [0.4, 0.5) is 0 Å². The second-order valence-corrected chi connectivity index (χ2v) is 6.32. The predicted octanol–water partition coefficient (Wildman–Crippen LogP) is 1.44. The summed E-state index contributed by atoms with van der Waals surface area (Å²) in [5, 5.41) is 0. The van der Waals surface area contributed by atoms with Crippen molar-refractivity contribution >= 4 is 19.7 Å². The lowest BCUT2D eigenvalue weighted by molar-refractivity contribution is 0.609. The van der Waals surface area contributed by atoms with Crippen LogP contribution in [0.3, 0.4) is 0 Å². The van der Waals surface area contributed by atoms with Crippen LogP contribution in [0.1, 0.15) is 5.56 Å². The van der Waals surface area contributed by atoms with Gasteiger partial charge in [-0.1, -0.05) is 18.2 Å². The monoisotopic (exact) mass is 272 g/mol. The Labute approximate surface area is 102 Å². The Hall–Kier alpha value is -1.53. The molecule has 2 aromatic rings. The van der Waals surface area contributed by atoms with E-state index in [-0.39, 0.29) is 11.4 Å². The molecule has 5 nitrogen and oxygen atoms in total. The Kier molecular flexibility index (Phi) is 3.08. The van der Waals surface area contributed by atoms with E-state index in [1.54, 1.807) is 24.3 Å². The summed E-state index contributed by atoms with van der Waals surface area (Å²) in [6, 6.07) is 6.80. The van der Waals surface area contributed by atoms with E-state index < -0.39 is 9.05 Å². The zero-order chi connectivity index (χ0) is 12.5. The minimum absolute atomic E-state index is 0.239. The van der Waals surface area contributed by atoms with E-state index in [0.717, 1.165) is 5.56 Å². The van der Waals surface area contributed by atoms with Crippen molar-refractivity contribution in [3.05, 3.63) is 46.5 Å². The molecule has 1 aromatic heterocycles. The van der Waals surface area contributed by atoms with E-state index in [0.29, 0.717) is 11.3 Å². The van der Waals surface area contributed by atoms with Crippen molar-refractivity contribution in [2.24, 2.45) is 0 Å². The average Bonchev–Trinajstić information content (AvgIpc) is 2.63. The largest absolute Gasteiger partial charge is 0.323 e. The summed E-state index contributed by atoms with van der Waals surface area (Å²) in [5.41, 5.74) is 1.58. The normalized spacial score (nSPS) is 11.6. The highest BCUT2D eigenvalue weighted by Crippen LogP contribution is 2.18. The van der Waals surface area contributed by atoms with E-state index in [9.17, 15) is 13.2 Å². The molecule has 0 aliphatic carbocycles. The number of benzene rings is 1. The second kappa shape index (κ2) is 4.38. The number of hydrogen-bond donors (Lipinski definition) is 2. The summed E-state index contributed by atoms with van der Waals surface area (Å²) in [5.74, 6) is -0.239. The smallest absolute Gasteiger partial charge is 0.312 e. The quantitative estimate of drug-likeness (QED) is 0.830. The van der Waals surface area contributed by atoms with Gasteiger partial charge in [0.25, 0.3) is 0 Å². The van der Waals surface area contributed by atoms with E-state index in [4.69, 9.17) is 10.7 Å². The number of imidazole rings is 1. The van der Waals surface area contributed by atoms with Crippen LogP contribution < -0.4 is 5.69 Å². The molecule has 2 rings (SSSR count). The molecule has 0 bridgehead atoms. The van der Waals surface area contributed by atoms with Crippen LogP contribution in [0, 0.1) is 0 Å². The van der Waals surface area contributed by atoms with Crippen LogP contribution in [0.5, 0.6) is 0 Å². The van der Waals surface area contributed by atoms with Gasteiger partial charge in [-0.05, 0) is 17.2 Å². The van der Waals surface area contributed by atoms with Crippen LogP contribution in [0.15, 0.2) is 35.3 Å². The summed E-state index contributed by atoms with van der Waals surface area (Å²) >= 11 is 0. The second-order valence-electron chi connectivity index (χ2n) is 3.54. The molecular weight excluding hydrogens is 264 g/mol. The molecule has 90 valence electrons. The summed E-state index contributed by atoms with van der Waals surface area (Å²) in [7, 11) is 1.60. The predicted molar refractivity (Wildman–Crippen MR) is 65.3 cm³/mol. The summed E-state index contributed by atoms with van der Waals surface area (Å²) in [4.78, 5) is 16.0. The van der Waals surface area contributed by atoms with Gasteiger partial charge in [-0.2, -0.15) is 0 Å². The zero-order valence-electron chi connectivity index (χ0n) is 8.60. The van der Waals surface area contributed by atoms with Crippen molar-refractivity contribution in [3.63, 3.8) is 0 Å². The highest BCUT2D eigenvalue weighted by atomic mass is 35.7. The van der Waals surface area contributed by atoms with Gasteiger partial charge in [0.1, 0.15) is 0 Å². The highest BCUT2D eigenvalue weighted by molar-refractivity contribution is 8.13. The minimum atomic E-state index is -3.58. The first-order valence-corrected chi connectivity index (χ1v) is 7.21. The van der Waals surface area contributed by atoms with Gasteiger partial charge in [0, 0.05) is 16.9 Å². The van der Waals surface area contributed by atoms with Crippen LogP contribution in [-0.4, -0.2) is 18.4 Å². The van der Waals surface area contributed by atoms with E-state index >= 15 is 0 Å². The lowest BCUT2D eigenvalue weighted by Gasteiger charge is -2.01. The Morgan fingerprint density at radius 1 is 1.29 bits per heavy atom. The fourth-order valence-corrected chi connectivity index (χ4v) is 2.47. The number of rotatable bonds is 3. The standard InChI is InChI=1S/C10H9ClN2O3S/c11-17(15,16)6-7-2-1-3-8(4-7)9-5-12-10(14)13-9/h1-5H,6H2,(H2,12,13,14). The van der Waals surface area contributed by atoms with Crippen LogP contribution in [0.2, 0.25) is 0 Å². The van der Waals surface area contributed by atoms with Gasteiger partial charge in [-0.3, -0.25) is 0 Å². The molecular formula is C10H9ClN2O3S. The zero-order valence-corrected chi connectivity index (χ0v) is 10.2. The molecule has 1 heterocycles. The van der Waals surface area contributed by atoms with Gasteiger partial charge >= 0.3 is 5.69 Å². The number of aromatic amines is 2. The van der Waals surface area contributed by atoms with Crippen LogP contribution >= 0.6 is 10.7 Å². The minimum Gasteiger partial charge on any atom is -0.312 e. The first kappa shape index (κ1) is 11.9. The molecule has 0 unspecified atom stereocenters. The lowest BCUT2D eigenvalue weighted by Crippen LogP contribution is -2.00. The maximum atomic E-state index is 11.0. The van der Waals surface area contributed by atoms with Gasteiger partial charge in [0.15, 0.2) is 0 Å². The fraction of sp³-hybridized carbons (Fsp3) is 0.100. The third-order valence-electron chi connectivity index (χ3n) is 2.17. The molecule has 2 N–H and O–H groups in total. The van der Waals surface area contributed by atoms with Gasteiger partial charge in [-0.25, -0.2) is 13.2 Å². The van der Waals surface area contributed by atoms with Crippen molar-refractivity contribution < 1.29 is 8.42 Å². The number of aromatic nitrogens is 2. The molecule has 0 saturated heterocycles. The molecule has 17 heavy (non-hydrogen) atoms. The third kappa shape index (κ3) is 3.21.